The van der Waals surface area contributed by atoms with E-state index in [-0.39, 0.29) is 6.03 Å². The lowest BCUT2D eigenvalue weighted by atomic mass is 9.84. The van der Waals surface area contributed by atoms with E-state index in [4.69, 9.17) is 0 Å². The summed E-state index contributed by atoms with van der Waals surface area (Å²) in [5, 5.41) is 3.29. The minimum Gasteiger partial charge on any atom is -0.335 e. The number of hydrogen-bond acceptors (Lipinski definition) is 1. The van der Waals surface area contributed by atoms with Gasteiger partial charge >= 0.3 is 6.03 Å². The second kappa shape index (κ2) is 5.72. The summed E-state index contributed by atoms with van der Waals surface area (Å²) in [4.78, 5) is 14.4. The third-order valence-corrected chi connectivity index (χ3v) is 5.68. The van der Waals surface area contributed by atoms with Crippen molar-refractivity contribution in [3.63, 3.8) is 0 Å². The molecular formula is C16H28N2O. The number of likely N-dealkylation sites (tertiary alicyclic amines) is 1. The second-order valence-corrected chi connectivity index (χ2v) is 6.98. The van der Waals surface area contributed by atoms with Crippen LogP contribution in [0.25, 0.3) is 0 Å². The van der Waals surface area contributed by atoms with Crippen molar-refractivity contribution in [1.82, 2.24) is 10.2 Å². The smallest absolute Gasteiger partial charge is 0.317 e. The number of nitrogens with zero attached hydrogens (tertiary/aromatic N) is 1. The third kappa shape index (κ3) is 2.90. The van der Waals surface area contributed by atoms with Gasteiger partial charge in [-0.05, 0) is 56.8 Å². The highest BCUT2D eigenvalue weighted by atomic mass is 16.2. The molecule has 3 aliphatic rings. The number of carbonyl (C=O) groups excluding carboxylic acids is 1. The van der Waals surface area contributed by atoms with Gasteiger partial charge in [0.2, 0.25) is 0 Å². The molecule has 3 heteroatoms. The molecule has 0 aromatic rings. The van der Waals surface area contributed by atoms with E-state index in [1.807, 2.05) is 4.90 Å². The molecule has 2 amide bonds. The molecule has 2 aliphatic carbocycles. The largest absolute Gasteiger partial charge is 0.335 e. The monoisotopic (exact) mass is 264 g/mol. The lowest BCUT2D eigenvalue weighted by Crippen LogP contribution is -2.47. The SMILES string of the molecule is CC(NC(=O)N1CCCCCC1)C1CC2CCC1C2. The molecule has 19 heavy (non-hydrogen) atoms. The maximum absolute atomic E-state index is 12.3. The Labute approximate surface area is 117 Å². The van der Waals surface area contributed by atoms with Crippen molar-refractivity contribution in [1.29, 1.82) is 0 Å². The first-order valence-corrected chi connectivity index (χ1v) is 8.29. The van der Waals surface area contributed by atoms with Crippen molar-refractivity contribution in [3.8, 4) is 0 Å². The van der Waals surface area contributed by atoms with E-state index in [9.17, 15) is 4.79 Å². The highest BCUT2D eigenvalue weighted by molar-refractivity contribution is 5.74. The van der Waals surface area contributed by atoms with E-state index < -0.39 is 0 Å². The number of urea groups is 1. The van der Waals surface area contributed by atoms with Gasteiger partial charge in [0.05, 0.1) is 0 Å². The van der Waals surface area contributed by atoms with E-state index in [0.717, 1.165) is 30.8 Å². The molecule has 2 saturated carbocycles. The van der Waals surface area contributed by atoms with Crippen LogP contribution < -0.4 is 5.32 Å². The Morgan fingerprint density at radius 2 is 1.84 bits per heavy atom. The predicted octanol–water partition coefficient (Wildman–Crippen LogP) is 3.40. The number of rotatable bonds is 2. The Morgan fingerprint density at radius 1 is 1.11 bits per heavy atom. The summed E-state index contributed by atoms with van der Waals surface area (Å²) >= 11 is 0. The van der Waals surface area contributed by atoms with Crippen molar-refractivity contribution < 1.29 is 4.79 Å². The zero-order chi connectivity index (χ0) is 13.2. The molecule has 1 saturated heterocycles. The highest BCUT2D eigenvalue weighted by Gasteiger charge is 2.42. The quantitative estimate of drug-likeness (QED) is 0.814. The average Bonchev–Trinajstić information content (AvgIpc) is 2.92. The topological polar surface area (TPSA) is 32.3 Å². The summed E-state index contributed by atoms with van der Waals surface area (Å²) < 4.78 is 0. The van der Waals surface area contributed by atoms with E-state index >= 15 is 0 Å². The molecule has 1 aliphatic heterocycles. The Morgan fingerprint density at radius 3 is 2.42 bits per heavy atom. The lowest BCUT2D eigenvalue weighted by Gasteiger charge is -2.31. The highest BCUT2D eigenvalue weighted by Crippen LogP contribution is 2.49. The van der Waals surface area contributed by atoms with Crippen LogP contribution in [0.5, 0.6) is 0 Å². The summed E-state index contributed by atoms with van der Waals surface area (Å²) in [7, 11) is 0. The molecule has 3 nitrogen and oxygen atoms in total. The van der Waals surface area contributed by atoms with E-state index in [1.165, 1.54) is 51.4 Å². The first kappa shape index (κ1) is 13.3. The molecule has 0 aromatic carbocycles. The van der Waals surface area contributed by atoms with E-state index in [1.54, 1.807) is 0 Å². The molecule has 3 rings (SSSR count). The van der Waals surface area contributed by atoms with Crippen LogP contribution in [0.15, 0.2) is 0 Å². The first-order valence-electron chi connectivity index (χ1n) is 8.29. The van der Waals surface area contributed by atoms with Gasteiger partial charge in [-0.15, -0.1) is 0 Å². The Hall–Kier alpha value is -0.730. The molecular weight excluding hydrogens is 236 g/mol. The molecule has 0 spiro atoms. The Balaban J connectivity index is 1.51. The maximum atomic E-state index is 12.3. The van der Waals surface area contributed by atoms with Crippen LogP contribution >= 0.6 is 0 Å². The number of hydrogen-bond donors (Lipinski definition) is 1. The van der Waals surface area contributed by atoms with Crippen LogP contribution in [-0.2, 0) is 0 Å². The van der Waals surface area contributed by atoms with Crippen molar-refractivity contribution in [3.05, 3.63) is 0 Å². The van der Waals surface area contributed by atoms with Gasteiger partial charge < -0.3 is 10.2 Å². The summed E-state index contributed by atoms with van der Waals surface area (Å²) in [6.07, 6.45) is 10.5. The van der Waals surface area contributed by atoms with Crippen LogP contribution in [0.1, 0.15) is 58.3 Å². The van der Waals surface area contributed by atoms with E-state index in [0.29, 0.717) is 6.04 Å². The molecule has 0 radical (unpaired) electrons. The van der Waals surface area contributed by atoms with Crippen LogP contribution in [0.4, 0.5) is 4.79 Å². The second-order valence-electron chi connectivity index (χ2n) is 6.98. The molecule has 3 fully saturated rings. The molecule has 4 unspecified atom stereocenters. The number of nitrogens with one attached hydrogen (secondary N) is 1. The average molecular weight is 264 g/mol. The maximum Gasteiger partial charge on any atom is 0.317 e. The summed E-state index contributed by atoms with van der Waals surface area (Å²) in [5.41, 5.74) is 0. The van der Waals surface area contributed by atoms with Crippen LogP contribution in [-0.4, -0.2) is 30.1 Å². The zero-order valence-electron chi connectivity index (χ0n) is 12.2. The number of fused-ring (bicyclic) bond motifs is 2. The van der Waals surface area contributed by atoms with Crippen LogP contribution in [0.3, 0.4) is 0 Å². The Kier molecular flexibility index (Phi) is 3.99. The van der Waals surface area contributed by atoms with Gasteiger partial charge in [0.1, 0.15) is 0 Å². The third-order valence-electron chi connectivity index (χ3n) is 5.68. The molecule has 0 aromatic heterocycles. The first-order chi connectivity index (χ1) is 9.24. The standard InChI is InChI=1S/C16H28N2O/c1-12(15-11-13-6-7-14(15)10-13)17-16(19)18-8-4-2-3-5-9-18/h12-15H,2-11H2,1H3,(H,17,19). The number of amides is 2. The predicted molar refractivity (Wildman–Crippen MR) is 77.0 cm³/mol. The minimum absolute atomic E-state index is 0.192. The van der Waals surface area contributed by atoms with Gasteiger partial charge in [-0.2, -0.15) is 0 Å². The molecule has 4 atom stereocenters. The van der Waals surface area contributed by atoms with Crippen molar-refractivity contribution in [2.45, 2.75) is 64.3 Å². The lowest BCUT2D eigenvalue weighted by molar-refractivity contribution is 0.184. The fraction of sp³-hybridized carbons (Fsp3) is 0.938. The van der Waals surface area contributed by atoms with Gasteiger partial charge in [0.25, 0.3) is 0 Å². The van der Waals surface area contributed by atoms with Crippen LogP contribution in [0.2, 0.25) is 0 Å². The Bertz CT molecular complexity index is 323. The van der Waals surface area contributed by atoms with Crippen LogP contribution in [0, 0.1) is 17.8 Å². The van der Waals surface area contributed by atoms with Crippen molar-refractivity contribution in [2.75, 3.05) is 13.1 Å². The van der Waals surface area contributed by atoms with E-state index in [2.05, 4.69) is 12.2 Å². The van der Waals surface area contributed by atoms with Crippen molar-refractivity contribution in [2.24, 2.45) is 17.8 Å². The normalized spacial score (nSPS) is 36.1. The number of carbonyl (C=O) groups is 1. The fourth-order valence-electron chi connectivity index (χ4n) is 4.57. The van der Waals surface area contributed by atoms with Gasteiger partial charge in [-0.25, -0.2) is 4.79 Å². The van der Waals surface area contributed by atoms with Gasteiger partial charge in [0, 0.05) is 19.1 Å². The zero-order valence-corrected chi connectivity index (χ0v) is 12.2. The van der Waals surface area contributed by atoms with Gasteiger partial charge in [-0.1, -0.05) is 19.3 Å². The minimum atomic E-state index is 0.192. The fourth-order valence-corrected chi connectivity index (χ4v) is 4.57. The summed E-state index contributed by atoms with van der Waals surface area (Å²) in [5.74, 6) is 2.60. The molecule has 108 valence electrons. The molecule has 2 bridgehead atoms. The van der Waals surface area contributed by atoms with Crippen molar-refractivity contribution >= 4 is 6.03 Å². The van der Waals surface area contributed by atoms with Gasteiger partial charge in [0.15, 0.2) is 0 Å². The molecule has 1 N–H and O–H groups in total. The summed E-state index contributed by atoms with van der Waals surface area (Å²) in [6.45, 7) is 4.13. The van der Waals surface area contributed by atoms with Gasteiger partial charge in [-0.3, -0.25) is 0 Å². The molecule has 1 heterocycles. The summed E-state index contributed by atoms with van der Waals surface area (Å²) in [6, 6.07) is 0.559.